The highest BCUT2D eigenvalue weighted by atomic mass is 16.5. The summed E-state index contributed by atoms with van der Waals surface area (Å²) in [5, 5.41) is 3.62. The quantitative estimate of drug-likeness (QED) is 0.392. The number of imide groups is 1. The van der Waals surface area contributed by atoms with Crippen LogP contribution >= 0.6 is 0 Å². The summed E-state index contributed by atoms with van der Waals surface area (Å²) >= 11 is 0. The van der Waals surface area contributed by atoms with Crippen LogP contribution in [0.1, 0.15) is 42.6 Å². The molecule has 0 aliphatic carbocycles. The summed E-state index contributed by atoms with van der Waals surface area (Å²) in [6.07, 6.45) is 3.67. The highest BCUT2D eigenvalue weighted by Gasteiger charge is 2.34. The van der Waals surface area contributed by atoms with Gasteiger partial charge in [0.25, 0.3) is 5.91 Å². The van der Waals surface area contributed by atoms with E-state index in [9.17, 15) is 14.4 Å². The number of furan rings is 1. The number of nitrogens with one attached hydrogen (secondary N) is 1. The fourth-order valence-corrected chi connectivity index (χ4v) is 3.58. The van der Waals surface area contributed by atoms with Crippen LogP contribution in [0.25, 0.3) is 17.0 Å². The highest BCUT2D eigenvalue weighted by molar-refractivity contribution is 6.14. The second-order valence-corrected chi connectivity index (χ2v) is 8.28. The second-order valence-electron chi connectivity index (χ2n) is 8.28. The average molecular weight is 421 g/mol. The zero-order chi connectivity index (χ0) is 22.3. The number of urea groups is 1. The Labute approximate surface area is 179 Å². The standard InChI is InChI=1S/C23H23N3O5/c1-23(2,3)26-12-14(16-7-5-6-8-18(16)26)11-17-20(27)25(22(29)24-17)13-15-9-10-19(31-15)21(28)30-4/h5-12H,13H2,1-4H3,(H,24,29). The summed E-state index contributed by atoms with van der Waals surface area (Å²) in [7, 11) is 1.25. The van der Waals surface area contributed by atoms with Gasteiger partial charge in [-0.15, -0.1) is 0 Å². The molecule has 0 saturated carbocycles. The van der Waals surface area contributed by atoms with Crippen LogP contribution in [0.3, 0.4) is 0 Å². The van der Waals surface area contributed by atoms with Gasteiger partial charge in [-0.2, -0.15) is 0 Å². The SMILES string of the molecule is COC(=O)c1ccc(CN2C(=O)NC(=Cc3cn(C(C)(C)C)c4ccccc34)C2=O)o1. The van der Waals surface area contributed by atoms with Gasteiger partial charge < -0.3 is 19.0 Å². The molecular weight excluding hydrogens is 398 g/mol. The monoisotopic (exact) mass is 421 g/mol. The van der Waals surface area contributed by atoms with E-state index in [2.05, 4.69) is 35.4 Å². The predicted molar refractivity (Wildman–Crippen MR) is 114 cm³/mol. The Balaban J connectivity index is 1.63. The van der Waals surface area contributed by atoms with E-state index in [-0.39, 0.29) is 23.5 Å². The van der Waals surface area contributed by atoms with Crippen LogP contribution in [0.5, 0.6) is 0 Å². The van der Waals surface area contributed by atoms with E-state index >= 15 is 0 Å². The Kier molecular flexibility index (Phi) is 4.93. The van der Waals surface area contributed by atoms with Crippen molar-refractivity contribution in [2.75, 3.05) is 7.11 Å². The summed E-state index contributed by atoms with van der Waals surface area (Å²) in [5.41, 5.74) is 1.91. The number of aromatic nitrogens is 1. The van der Waals surface area contributed by atoms with Gasteiger partial charge in [-0.25, -0.2) is 9.59 Å². The van der Waals surface area contributed by atoms with Gasteiger partial charge in [-0.1, -0.05) is 18.2 Å². The van der Waals surface area contributed by atoms with Crippen molar-refractivity contribution in [2.24, 2.45) is 0 Å². The zero-order valence-corrected chi connectivity index (χ0v) is 17.8. The maximum atomic E-state index is 12.9. The van der Waals surface area contributed by atoms with Crippen LogP contribution in [0.4, 0.5) is 4.79 Å². The Morgan fingerprint density at radius 3 is 2.61 bits per heavy atom. The Hall–Kier alpha value is -3.81. The third-order valence-corrected chi connectivity index (χ3v) is 5.09. The fourth-order valence-electron chi connectivity index (χ4n) is 3.58. The largest absolute Gasteiger partial charge is 0.463 e. The molecule has 3 heterocycles. The molecule has 3 amide bonds. The lowest BCUT2D eigenvalue weighted by molar-refractivity contribution is -0.123. The van der Waals surface area contributed by atoms with Crippen molar-refractivity contribution in [1.29, 1.82) is 0 Å². The summed E-state index contributed by atoms with van der Waals surface area (Å²) in [4.78, 5) is 37.9. The molecule has 160 valence electrons. The molecule has 0 spiro atoms. The van der Waals surface area contributed by atoms with Crippen LogP contribution in [0, 0.1) is 0 Å². The minimum Gasteiger partial charge on any atom is -0.463 e. The fraction of sp³-hybridized carbons (Fsp3) is 0.261. The van der Waals surface area contributed by atoms with Crippen molar-refractivity contribution in [2.45, 2.75) is 32.9 Å². The molecule has 1 N–H and O–H groups in total. The van der Waals surface area contributed by atoms with Crippen molar-refractivity contribution in [3.05, 3.63) is 65.4 Å². The third kappa shape index (κ3) is 3.72. The van der Waals surface area contributed by atoms with E-state index in [1.807, 2.05) is 30.5 Å². The molecule has 1 fully saturated rings. The first-order chi connectivity index (χ1) is 14.7. The number of esters is 1. The Bertz CT molecular complexity index is 1230. The van der Waals surface area contributed by atoms with Crippen molar-refractivity contribution in [3.8, 4) is 0 Å². The lowest BCUT2D eigenvalue weighted by atomic mass is 10.1. The molecule has 1 aromatic carbocycles. The molecule has 4 rings (SSSR count). The number of hydrogen-bond donors (Lipinski definition) is 1. The van der Waals surface area contributed by atoms with Gasteiger partial charge in [-0.05, 0) is 45.0 Å². The molecule has 8 nitrogen and oxygen atoms in total. The van der Waals surface area contributed by atoms with Gasteiger partial charge in [0.05, 0.1) is 13.7 Å². The molecule has 0 atom stereocenters. The molecular formula is C23H23N3O5. The van der Waals surface area contributed by atoms with Crippen LogP contribution in [0.15, 0.2) is 52.7 Å². The maximum Gasteiger partial charge on any atom is 0.373 e. The molecule has 1 aliphatic rings. The molecule has 0 unspecified atom stereocenters. The minimum absolute atomic E-state index is 0.00955. The minimum atomic E-state index is -0.626. The molecule has 8 heteroatoms. The summed E-state index contributed by atoms with van der Waals surface area (Å²) < 4.78 is 12.1. The molecule has 2 aromatic heterocycles. The summed E-state index contributed by atoms with van der Waals surface area (Å²) in [5.74, 6) is -0.780. The zero-order valence-electron chi connectivity index (χ0n) is 17.8. The molecule has 31 heavy (non-hydrogen) atoms. The number of amides is 3. The molecule has 0 bridgehead atoms. The highest BCUT2D eigenvalue weighted by Crippen LogP contribution is 2.29. The number of methoxy groups -OCH3 is 1. The van der Waals surface area contributed by atoms with Gasteiger partial charge >= 0.3 is 12.0 Å². The van der Waals surface area contributed by atoms with Crippen LogP contribution in [-0.2, 0) is 21.6 Å². The number of carbonyl (C=O) groups excluding carboxylic acids is 3. The number of benzene rings is 1. The van der Waals surface area contributed by atoms with E-state index in [0.717, 1.165) is 21.4 Å². The normalized spacial score (nSPS) is 15.7. The number of fused-ring (bicyclic) bond motifs is 1. The maximum absolute atomic E-state index is 12.9. The van der Waals surface area contributed by atoms with E-state index in [1.54, 1.807) is 6.08 Å². The van der Waals surface area contributed by atoms with Gasteiger partial charge in [0.2, 0.25) is 5.76 Å². The number of ether oxygens (including phenoxy) is 1. The second kappa shape index (κ2) is 7.46. The topological polar surface area (TPSA) is 93.8 Å². The van der Waals surface area contributed by atoms with E-state index < -0.39 is 17.9 Å². The van der Waals surface area contributed by atoms with Gasteiger partial charge in [0.1, 0.15) is 11.5 Å². The summed E-state index contributed by atoms with van der Waals surface area (Å²) in [6, 6.07) is 10.3. The number of nitrogens with zero attached hydrogens (tertiary/aromatic N) is 2. The first-order valence-electron chi connectivity index (χ1n) is 9.81. The van der Waals surface area contributed by atoms with Crippen molar-refractivity contribution in [1.82, 2.24) is 14.8 Å². The third-order valence-electron chi connectivity index (χ3n) is 5.09. The molecule has 0 radical (unpaired) electrons. The molecule has 1 aliphatic heterocycles. The lowest BCUT2D eigenvalue weighted by Gasteiger charge is -2.22. The number of carbonyl (C=O) groups is 3. The number of hydrogen-bond acceptors (Lipinski definition) is 5. The predicted octanol–water partition coefficient (Wildman–Crippen LogP) is 3.87. The van der Waals surface area contributed by atoms with Crippen LogP contribution in [-0.4, -0.2) is 34.5 Å². The Morgan fingerprint density at radius 2 is 1.90 bits per heavy atom. The lowest BCUT2D eigenvalue weighted by Crippen LogP contribution is -2.30. The smallest absolute Gasteiger partial charge is 0.373 e. The molecule has 1 saturated heterocycles. The van der Waals surface area contributed by atoms with E-state index in [0.29, 0.717) is 5.76 Å². The number of rotatable bonds is 4. The average Bonchev–Trinajstić information content (AvgIpc) is 3.41. The van der Waals surface area contributed by atoms with Gasteiger partial charge in [0, 0.05) is 28.2 Å². The van der Waals surface area contributed by atoms with Crippen LogP contribution < -0.4 is 5.32 Å². The van der Waals surface area contributed by atoms with Crippen molar-refractivity contribution >= 4 is 34.9 Å². The Morgan fingerprint density at radius 1 is 1.16 bits per heavy atom. The van der Waals surface area contributed by atoms with E-state index in [1.165, 1.54) is 19.2 Å². The van der Waals surface area contributed by atoms with Gasteiger partial charge in [-0.3, -0.25) is 9.69 Å². The van der Waals surface area contributed by atoms with Crippen molar-refractivity contribution < 1.29 is 23.5 Å². The van der Waals surface area contributed by atoms with Crippen LogP contribution in [0.2, 0.25) is 0 Å². The van der Waals surface area contributed by atoms with Gasteiger partial charge in [0.15, 0.2) is 0 Å². The number of para-hydroxylation sites is 1. The molecule has 3 aromatic rings. The first kappa shape index (κ1) is 20.5. The first-order valence-corrected chi connectivity index (χ1v) is 9.81. The summed E-state index contributed by atoms with van der Waals surface area (Å²) in [6.45, 7) is 6.22. The van der Waals surface area contributed by atoms with E-state index in [4.69, 9.17) is 4.42 Å². The van der Waals surface area contributed by atoms with Crippen molar-refractivity contribution in [3.63, 3.8) is 0 Å².